The smallest absolute Gasteiger partial charge is 0.187 e. The number of rotatable bonds is 10. The molecule has 0 amide bonds. The average Bonchev–Trinajstić information content (AvgIpc) is 2.83. The molecular weight excluding hydrogens is 456 g/mol. The Balaban J connectivity index is 1.76. The molecule has 1 heterocycles. The summed E-state index contributed by atoms with van der Waals surface area (Å²) in [4.78, 5) is 8.61. The molecular formula is C25H27ClN4O2S. The van der Waals surface area contributed by atoms with Crippen molar-refractivity contribution in [3.8, 4) is 17.6 Å². The zero-order valence-electron chi connectivity index (χ0n) is 19.2. The van der Waals surface area contributed by atoms with Gasteiger partial charge in [-0.05, 0) is 54.8 Å². The van der Waals surface area contributed by atoms with Crippen molar-refractivity contribution in [2.75, 3.05) is 26.5 Å². The quantitative estimate of drug-likeness (QED) is 0.241. The number of hydrogen-bond donors (Lipinski definition) is 1. The number of benzene rings is 2. The first-order chi connectivity index (χ1) is 15.9. The van der Waals surface area contributed by atoms with Crippen LogP contribution in [0.4, 0.5) is 0 Å². The first-order valence-corrected chi connectivity index (χ1v) is 12.1. The van der Waals surface area contributed by atoms with Crippen LogP contribution in [0.1, 0.15) is 36.2 Å². The topological polar surface area (TPSA) is 80.1 Å². The van der Waals surface area contributed by atoms with Crippen molar-refractivity contribution in [2.24, 2.45) is 0 Å². The number of nitrogens with zero attached hydrogens (tertiary/aromatic N) is 3. The summed E-state index contributed by atoms with van der Waals surface area (Å²) in [5.41, 5.74) is 2.89. The normalized spacial score (nSPS) is 11.2. The second-order valence-corrected chi connectivity index (χ2v) is 9.05. The maximum Gasteiger partial charge on any atom is 0.187 e. The fourth-order valence-corrected chi connectivity index (χ4v) is 3.93. The van der Waals surface area contributed by atoms with Gasteiger partial charge in [0.15, 0.2) is 10.9 Å². The lowest BCUT2D eigenvalue weighted by Crippen LogP contribution is -2.20. The molecule has 0 saturated carbocycles. The van der Waals surface area contributed by atoms with Gasteiger partial charge in [-0.1, -0.05) is 49.3 Å². The molecule has 3 aromatic rings. The van der Waals surface area contributed by atoms with Crippen LogP contribution in [0, 0.1) is 11.3 Å². The van der Waals surface area contributed by atoms with Crippen LogP contribution in [0.15, 0.2) is 53.8 Å². The van der Waals surface area contributed by atoms with E-state index in [0.717, 1.165) is 27.7 Å². The van der Waals surface area contributed by atoms with Gasteiger partial charge < -0.3 is 14.8 Å². The number of nitrogens with one attached hydrogen (secondary N) is 1. The number of thioether (sulfide) groups is 1. The van der Waals surface area contributed by atoms with Gasteiger partial charge in [0, 0.05) is 18.2 Å². The molecule has 0 unspecified atom stereocenters. The molecule has 0 aliphatic carbocycles. The Bertz CT molecular complexity index is 1130. The van der Waals surface area contributed by atoms with Crippen molar-refractivity contribution in [3.63, 3.8) is 0 Å². The molecule has 8 heteroatoms. The minimum absolute atomic E-state index is 0.370. The summed E-state index contributed by atoms with van der Waals surface area (Å²) in [5, 5.41) is 13.8. The molecule has 1 aromatic heterocycles. The van der Waals surface area contributed by atoms with Crippen LogP contribution < -0.4 is 14.8 Å². The van der Waals surface area contributed by atoms with Gasteiger partial charge in [-0.3, -0.25) is 0 Å². The van der Waals surface area contributed by atoms with E-state index >= 15 is 0 Å². The monoisotopic (exact) mass is 482 g/mol. The van der Waals surface area contributed by atoms with Crippen molar-refractivity contribution in [3.05, 3.63) is 76.1 Å². The Labute approximate surface area is 204 Å². The van der Waals surface area contributed by atoms with Gasteiger partial charge >= 0.3 is 0 Å². The molecule has 3 rings (SSSR count). The van der Waals surface area contributed by atoms with Crippen LogP contribution >= 0.6 is 23.4 Å². The summed E-state index contributed by atoms with van der Waals surface area (Å²) in [7, 11) is 1.84. The van der Waals surface area contributed by atoms with Crippen molar-refractivity contribution in [1.29, 1.82) is 5.26 Å². The minimum atomic E-state index is -0.378. The Hall–Kier alpha value is -2.79. The van der Waals surface area contributed by atoms with Crippen LogP contribution in [0.2, 0.25) is 5.02 Å². The van der Waals surface area contributed by atoms with Crippen LogP contribution in [0.3, 0.4) is 0 Å². The summed E-state index contributed by atoms with van der Waals surface area (Å²) < 4.78 is 11.6. The lowest BCUT2D eigenvalue weighted by molar-refractivity contribution is 0.300. The lowest BCUT2D eigenvalue weighted by atomic mass is 9.77. The molecule has 33 heavy (non-hydrogen) atoms. The van der Waals surface area contributed by atoms with Crippen molar-refractivity contribution in [2.45, 2.75) is 31.0 Å². The van der Waals surface area contributed by atoms with E-state index in [-0.39, 0.29) is 5.41 Å². The Morgan fingerprint density at radius 2 is 1.88 bits per heavy atom. The Kier molecular flexibility index (Phi) is 8.56. The van der Waals surface area contributed by atoms with Crippen LogP contribution in [-0.2, 0) is 12.0 Å². The maximum atomic E-state index is 9.65. The van der Waals surface area contributed by atoms with Gasteiger partial charge in [0.25, 0.3) is 0 Å². The van der Waals surface area contributed by atoms with Crippen molar-refractivity contribution < 1.29 is 9.47 Å². The zero-order chi connectivity index (χ0) is 23.8. The summed E-state index contributed by atoms with van der Waals surface area (Å²) >= 11 is 8.00. The molecule has 0 fully saturated rings. The predicted molar refractivity (Wildman–Crippen MR) is 132 cm³/mol. The second kappa shape index (κ2) is 11.4. The van der Waals surface area contributed by atoms with E-state index < -0.39 is 0 Å². The summed E-state index contributed by atoms with van der Waals surface area (Å²) in [6, 6.07) is 15.7. The third-order valence-corrected chi connectivity index (χ3v) is 6.16. The average molecular weight is 483 g/mol. The molecule has 0 aliphatic rings. The molecule has 172 valence electrons. The maximum absolute atomic E-state index is 9.65. The largest absolute Gasteiger partial charge is 0.489 e. The van der Waals surface area contributed by atoms with Gasteiger partial charge in [0.1, 0.15) is 25.0 Å². The van der Waals surface area contributed by atoms with Gasteiger partial charge in [0.05, 0.1) is 16.3 Å². The van der Waals surface area contributed by atoms with Crippen molar-refractivity contribution in [1.82, 2.24) is 15.3 Å². The number of likely N-dealkylation sites (N-methyl/N-ethyl adjacent to an activating group) is 1. The summed E-state index contributed by atoms with van der Waals surface area (Å²) in [6.45, 7) is 5.67. The Morgan fingerprint density at radius 1 is 1.12 bits per heavy atom. The molecule has 6 nitrogen and oxygen atoms in total. The highest BCUT2D eigenvalue weighted by atomic mass is 35.5. The van der Waals surface area contributed by atoms with Crippen LogP contribution in [0.25, 0.3) is 0 Å². The fourth-order valence-electron chi connectivity index (χ4n) is 3.29. The van der Waals surface area contributed by atoms with Gasteiger partial charge in [-0.2, -0.15) is 5.26 Å². The van der Waals surface area contributed by atoms with E-state index in [1.54, 1.807) is 6.20 Å². The first kappa shape index (κ1) is 24.8. The first-order valence-electron chi connectivity index (χ1n) is 10.5. The molecule has 0 bridgehead atoms. The molecule has 0 radical (unpaired) electrons. The van der Waals surface area contributed by atoms with E-state index in [1.165, 1.54) is 11.8 Å². The highest BCUT2D eigenvalue weighted by Gasteiger charge is 2.26. The second-order valence-electron chi connectivity index (χ2n) is 7.87. The van der Waals surface area contributed by atoms with E-state index in [2.05, 4.69) is 35.2 Å². The molecule has 1 N–H and O–H groups in total. The molecule has 0 saturated heterocycles. The molecule has 0 atom stereocenters. The molecule has 0 aliphatic heterocycles. The number of aromatic nitrogens is 2. The Morgan fingerprint density at radius 3 is 2.55 bits per heavy atom. The number of halogens is 1. The van der Waals surface area contributed by atoms with Crippen LogP contribution in [-0.4, -0.2) is 36.4 Å². The fraction of sp³-hybridized carbons (Fsp3) is 0.320. The standard InChI is InChI=1S/C25H27ClN4O2S/c1-25(2,19-13-17(15-27)23(22(26)14-19)31-12-11-28-3)18-5-7-21(8-6-18)32-16-20-9-10-29-24(30-20)33-4/h5-10,13-14,28H,11-12,16H2,1-4H3. The highest BCUT2D eigenvalue weighted by Crippen LogP contribution is 2.38. The van der Waals surface area contributed by atoms with E-state index in [0.29, 0.717) is 36.1 Å². The molecule has 0 spiro atoms. The number of ether oxygens (including phenoxy) is 2. The lowest BCUT2D eigenvalue weighted by Gasteiger charge is -2.27. The third-order valence-electron chi connectivity index (χ3n) is 5.32. The summed E-state index contributed by atoms with van der Waals surface area (Å²) in [5.74, 6) is 1.18. The molecule has 2 aromatic carbocycles. The number of hydrogen-bond acceptors (Lipinski definition) is 7. The number of nitriles is 1. The summed E-state index contributed by atoms with van der Waals surface area (Å²) in [6.07, 6.45) is 3.68. The minimum Gasteiger partial charge on any atom is -0.489 e. The van der Waals surface area contributed by atoms with Gasteiger partial charge in [-0.15, -0.1) is 0 Å². The van der Waals surface area contributed by atoms with E-state index in [4.69, 9.17) is 21.1 Å². The van der Waals surface area contributed by atoms with E-state index in [9.17, 15) is 5.26 Å². The third kappa shape index (κ3) is 6.17. The highest BCUT2D eigenvalue weighted by molar-refractivity contribution is 7.98. The zero-order valence-corrected chi connectivity index (χ0v) is 20.8. The SMILES string of the molecule is CNCCOc1c(Cl)cc(C(C)(C)c2ccc(OCc3ccnc(SC)n3)cc2)cc1C#N. The van der Waals surface area contributed by atoms with Crippen LogP contribution in [0.5, 0.6) is 11.5 Å². The van der Waals surface area contributed by atoms with E-state index in [1.807, 2.05) is 55.8 Å². The predicted octanol–water partition coefficient (Wildman–Crippen LogP) is 5.23. The van der Waals surface area contributed by atoms with Crippen molar-refractivity contribution >= 4 is 23.4 Å². The van der Waals surface area contributed by atoms with Gasteiger partial charge in [0.2, 0.25) is 0 Å². The van der Waals surface area contributed by atoms with Gasteiger partial charge in [-0.25, -0.2) is 9.97 Å².